The van der Waals surface area contributed by atoms with Crippen LogP contribution in [0.4, 0.5) is 0 Å². The fraction of sp³-hybridized carbons (Fsp3) is 0.632. The zero-order valence-electron chi connectivity index (χ0n) is 14.1. The van der Waals surface area contributed by atoms with Gasteiger partial charge in [-0.2, -0.15) is 0 Å². The molecule has 0 saturated carbocycles. The highest BCUT2D eigenvalue weighted by molar-refractivity contribution is 5.78. The molecule has 23 heavy (non-hydrogen) atoms. The van der Waals surface area contributed by atoms with E-state index in [1.807, 2.05) is 18.7 Å². The predicted molar refractivity (Wildman–Crippen MR) is 88.2 cm³/mol. The Morgan fingerprint density at radius 2 is 1.91 bits per heavy atom. The number of piperidine rings is 1. The minimum atomic E-state index is 0.0912. The van der Waals surface area contributed by atoms with Gasteiger partial charge in [-0.1, -0.05) is 13.8 Å². The molecule has 1 aromatic carbocycles. The van der Waals surface area contributed by atoms with Crippen molar-refractivity contribution >= 4 is 5.91 Å². The summed E-state index contributed by atoms with van der Waals surface area (Å²) in [5.74, 6) is 3.07. The summed E-state index contributed by atoms with van der Waals surface area (Å²) in [4.78, 5) is 14.2. The van der Waals surface area contributed by atoms with E-state index < -0.39 is 0 Å². The Labute approximate surface area is 137 Å². The third-order valence-corrected chi connectivity index (χ3v) is 5.40. The fourth-order valence-corrected chi connectivity index (χ4v) is 4.21. The van der Waals surface area contributed by atoms with Gasteiger partial charge < -0.3 is 14.4 Å². The molecule has 0 N–H and O–H groups in total. The van der Waals surface area contributed by atoms with Crippen molar-refractivity contribution in [2.24, 2.45) is 5.92 Å². The van der Waals surface area contributed by atoms with Crippen molar-refractivity contribution in [1.29, 1.82) is 0 Å². The van der Waals surface area contributed by atoms with Gasteiger partial charge in [0, 0.05) is 48.5 Å². The number of hydrogen-bond acceptors (Lipinski definition) is 3. The van der Waals surface area contributed by atoms with Crippen LogP contribution in [-0.2, 0) is 17.6 Å². The van der Waals surface area contributed by atoms with Crippen molar-refractivity contribution in [3.05, 3.63) is 22.8 Å². The normalized spacial score (nSPS) is 20.2. The first-order valence-electron chi connectivity index (χ1n) is 8.88. The fourth-order valence-electron chi connectivity index (χ4n) is 4.21. The van der Waals surface area contributed by atoms with Crippen LogP contribution >= 0.6 is 0 Å². The van der Waals surface area contributed by atoms with Crippen LogP contribution < -0.4 is 9.47 Å². The summed E-state index contributed by atoms with van der Waals surface area (Å²) in [5.41, 5.74) is 4.06. The molecule has 3 aliphatic rings. The van der Waals surface area contributed by atoms with Gasteiger partial charge in [0.1, 0.15) is 11.5 Å². The van der Waals surface area contributed by atoms with E-state index >= 15 is 0 Å². The Bertz CT molecular complexity index is 598. The van der Waals surface area contributed by atoms with Crippen LogP contribution in [-0.4, -0.2) is 37.1 Å². The summed E-state index contributed by atoms with van der Waals surface area (Å²) in [6, 6.07) is 2.19. The second-order valence-corrected chi connectivity index (χ2v) is 7.21. The Balaban J connectivity index is 1.60. The van der Waals surface area contributed by atoms with Crippen LogP contribution in [0.15, 0.2) is 6.07 Å². The van der Waals surface area contributed by atoms with Gasteiger partial charge in [0.2, 0.25) is 5.91 Å². The highest BCUT2D eigenvalue weighted by Gasteiger charge is 2.33. The first kappa shape index (κ1) is 14.9. The first-order valence-corrected chi connectivity index (χ1v) is 8.88. The lowest BCUT2D eigenvalue weighted by atomic mass is 9.83. The Morgan fingerprint density at radius 3 is 2.65 bits per heavy atom. The molecule has 0 aliphatic carbocycles. The van der Waals surface area contributed by atoms with Crippen molar-refractivity contribution in [2.45, 2.75) is 45.4 Å². The van der Waals surface area contributed by atoms with Crippen LogP contribution in [0, 0.1) is 5.92 Å². The number of carbonyl (C=O) groups excluding carboxylic acids is 1. The number of hydrogen-bond donors (Lipinski definition) is 0. The molecule has 4 heteroatoms. The van der Waals surface area contributed by atoms with E-state index in [1.54, 1.807) is 0 Å². The van der Waals surface area contributed by atoms with Gasteiger partial charge in [0.15, 0.2) is 0 Å². The average Bonchev–Trinajstić information content (AvgIpc) is 3.20. The molecule has 1 amide bonds. The predicted octanol–water partition coefficient (Wildman–Crippen LogP) is 2.92. The molecular formula is C19H25NO3. The van der Waals surface area contributed by atoms with Gasteiger partial charge in [-0.05, 0) is 24.8 Å². The zero-order chi connectivity index (χ0) is 16.0. The number of ether oxygens (including phenoxy) is 2. The number of nitrogens with zero attached hydrogens (tertiary/aromatic N) is 1. The molecule has 1 aromatic rings. The van der Waals surface area contributed by atoms with E-state index in [0.717, 1.165) is 63.5 Å². The first-order chi connectivity index (χ1) is 11.1. The second kappa shape index (κ2) is 5.73. The average molecular weight is 315 g/mol. The molecule has 0 bridgehead atoms. The van der Waals surface area contributed by atoms with Gasteiger partial charge in [-0.3, -0.25) is 4.79 Å². The van der Waals surface area contributed by atoms with Gasteiger partial charge in [0.05, 0.1) is 13.2 Å². The maximum Gasteiger partial charge on any atom is 0.225 e. The Hall–Kier alpha value is -1.71. The summed E-state index contributed by atoms with van der Waals surface area (Å²) < 4.78 is 11.8. The van der Waals surface area contributed by atoms with Crippen molar-refractivity contribution in [3.8, 4) is 11.5 Å². The van der Waals surface area contributed by atoms with Gasteiger partial charge in [-0.25, -0.2) is 0 Å². The molecule has 124 valence electrons. The maximum absolute atomic E-state index is 12.2. The number of carbonyl (C=O) groups is 1. The van der Waals surface area contributed by atoms with Crippen molar-refractivity contribution in [3.63, 3.8) is 0 Å². The summed E-state index contributed by atoms with van der Waals surface area (Å²) in [6.07, 6.45) is 4.05. The number of benzene rings is 1. The van der Waals surface area contributed by atoms with Crippen LogP contribution in [0.2, 0.25) is 0 Å². The molecule has 3 heterocycles. The van der Waals surface area contributed by atoms with E-state index in [9.17, 15) is 4.79 Å². The maximum atomic E-state index is 12.2. The summed E-state index contributed by atoms with van der Waals surface area (Å²) >= 11 is 0. The highest BCUT2D eigenvalue weighted by Crippen LogP contribution is 2.46. The van der Waals surface area contributed by atoms with E-state index in [2.05, 4.69) is 6.07 Å². The largest absolute Gasteiger partial charge is 0.493 e. The van der Waals surface area contributed by atoms with E-state index in [4.69, 9.17) is 9.47 Å². The molecule has 1 saturated heterocycles. The summed E-state index contributed by atoms with van der Waals surface area (Å²) in [5, 5.41) is 0. The molecule has 0 unspecified atom stereocenters. The molecule has 4 nitrogen and oxygen atoms in total. The smallest absolute Gasteiger partial charge is 0.225 e. The standard InChI is InChI=1S/C19H25NO3/c1-12(2)19(21)20-7-3-13(4-8-20)17-15-6-10-22-16(15)11-14-5-9-23-18(14)17/h11-13H,3-10H2,1-2H3. The molecule has 4 rings (SSSR count). The van der Waals surface area contributed by atoms with E-state index in [0.29, 0.717) is 5.92 Å². The molecule has 0 spiro atoms. The third-order valence-electron chi connectivity index (χ3n) is 5.40. The van der Waals surface area contributed by atoms with Crippen LogP contribution in [0.3, 0.4) is 0 Å². The number of amides is 1. The minimum Gasteiger partial charge on any atom is -0.493 e. The van der Waals surface area contributed by atoms with Crippen LogP contribution in [0.25, 0.3) is 0 Å². The van der Waals surface area contributed by atoms with Crippen LogP contribution in [0.1, 0.15) is 49.3 Å². The highest BCUT2D eigenvalue weighted by atomic mass is 16.5. The molecule has 0 aromatic heterocycles. The quantitative estimate of drug-likeness (QED) is 0.842. The van der Waals surface area contributed by atoms with Gasteiger partial charge in [0.25, 0.3) is 0 Å². The van der Waals surface area contributed by atoms with Crippen LogP contribution in [0.5, 0.6) is 11.5 Å². The lowest BCUT2D eigenvalue weighted by Gasteiger charge is -2.34. The molecule has 1 fully saturated rings. The topological polar surface area (TPSA) is 38.8 Å². The van der Waals surface area contributed by atoms with Crippen molar-refractivity contribution in [1.82, 2.24) is 4.90 Å². The molecule has 0 atom stereocenters. The number of likely N-dealkylation sites (tertiary alicyclic amines) is 1. The number of fused-ring (bicyclic) bond motifs is 2. The monoisotopic (exact) mass is 315 g/mol. The van der Waals surface area contributed by atoms with E-state index in [-0.39, 0.29) is 11.8 Å². The van der Waals surface area contributed by atoms with Gasteiger partial charge >= 0.3 is 0 Å². The summed E-state index contributed by atoms with van der Waals surface area (Å²) in [7, 11) is 0. The number of rotatable bonds is 2. The lowest BCUT2D eigenvalue weighted by Crippen LogP contribution is -2.40. The second-order valence-electron chi connectivity index (χ2n) is 7.21. The van der Waals surface area contributed by atoms with Gasteiger partial charge in [-0.15, -0.1) is 0 Å². The van der Waals surface area contributed by atoms with Crippen molar-refractivity contribution < 1.29 is 14.3 Å². The summed E-state index contributed by atoms with van der Waals surface area (Å²) in [6.45, 7) is 7.26. The molecule has 3 aliphatic heterocycles. The molecule has 0 radical (unpaired) electrons. The zero-order valence-corrected chi connectivity index (χ0v) is 14.1. The SMILES string of the molecule is CC(C)C(=O)N1CCC(c2c3c(cc4c2OCC4)OCC3)CC1. The lowest BCUT2D eigenvalue weighted by molar-refractivity contribution is -0.135. The molecular weight excluding hydrogens is 290 g/mol. The Morgan fingerprint density at radius 1 is 1.17 bits per heavy atom. The minimum absolute atomic E-state index is 0.0912. The Kier molecular flexibility index (Phi) is 3.70. The third kappa shape index (κ3) is 2.48. The van der Waals surface area contributed by atoms with Crippen molar-refractivity contribution in [2.75, 3.05) is 26.3 Å². The van der Waals surface area contributed by atoms with E-state index in [1.165, 1.54) is 16.7 Å².